The van der Waals surface area contributed by atoms with Gasteiger partial charge in [0.15, 0.2) is 5.78 Å². The number of Topliss-reactive ketones (excluding diaryl/α,β-unsaturated/α-hetero) is 1. The van der Waals surface area contributed by atoms with Gasteiger partial charge in [-0.2, -0.15) is 4.98 Å². The van der Waals surface area contributed by atoms with Crippen molar-refractivity contribution in [3.05, 3.63) is 39.5 Å². The molecule has 8 heteroatoms. The highest BCUT2D eigenvalue weighted by atomic mass is 79.9. The Morgan fingerprint density at radius 2 is 2.15 bits per heavy atom. The van der Waals surface area contributed by atoms with Crippen LogP contribution in [0.4, 0.5) is 5.95 Å². The molecule has 0 saturated heterocycles. The second kappa shape index (κ2) is 6.67. The highest BCUT2D eigenvalue weighted by Crippen LogP contribution is 2.46. The maximum absolute atomic E-state index is 13.1. The van der Waals surface area contributed by atoms with Crippen LogP contribution in [0.15, 0.2) is 39.1 Å². The molecule has 1 aromatic carbocycles. The van der Waals surface area contributed by atoms with Gasteiger partial charge < -0.3 is 10.1 Å². The predicted molar refractivity (Wildman–Crippen MR) is 109 cm³/mol. The van der Waals surface area contributed by atoms with Crippen LogP contribution in [0.1, 0.15) is 38.3 Å². The average Bonchev–Trinajstić information content (AvgIpc) is 3.01. The first-order valence-corrected chi connectivity index (χ1v) is 10.7. The van der Waals surface area contributed by atoms with Gasteiger partial charge in [-0.15, -0.1) is 5.10 Å². The van der Waals surface area contributed by atoms with Crippen LogP contribution in [-0.2, 0) is 4.79 Å². The van der Waals surface area contributed by atoms with Crippen LogP contribution >= 0.6 is 27.7 Å². The molecule has 1 atom stereocenters. The molecule has 2 aliphatic rings. The van der Waals surface area contributed by atoms with E-state index >= 15 is 0 Å². The molecule has 6 nitrogen and oxygen atoms in total. The number of thioether (sulfide) groups is 1. The van der Waals surface area contributed by atoms with E-state index in [-0.39, 0.29) is 17.2 Å². The van der Waals surface area contributed by atoms with Gasteiger partial charge in [0.25, 0.3) is 0 Å². The Balaban J connectivity index is 1.90. The smallest absolute Gasteiger partial charge is 0.227 e. The zero-order valence-corrected chi connectivity index (χ0v) is 18.1. The fourth-order valence-electron chi connectivity index (χ4n) is 3.84. The summed E-state index contributed by atoms with van der Waals surface area (Å²) in [5, 5.41) is 8.69. The Kier molecular flexibility index (Phi) is 4.58. The summed E-state index contributed by atoms with van der Waals surface area (Å²) in [5.41, 5.74) is 2.65. The van der Waals surface area contributed by atoms with Gasteiger partial charge in [-0.1, -0.05) is 31.7 Å². The van der Waals surface area contributed by atoms with Crippen LogP contribution in [0.5, 0.6) is 5.75 Å². The summed E-state index contributed by atoms with van der Waals surface area (Å²) in [6.07, 6.45) is 3.28. The number of fused-ring (bicyclic) bond motifs is 1. The zero-order chi connectivity index (χ0) is 19.3. The SMILES string of the molecule is COc1ccc(C2C3=C(CC(C)(C)CC3=O)Nc3nc(SC)nn32)cc1Br. The molecule has 4 rings (SSSR count). The minimum absolute atomic E-state index is 0.0709. The molecule has 0 radical (unpaired) electrons. The van der Waals surface area contributed by atoms with Gasteiger partial charge in [0.2, 0.25) is 11.1 Å². The topological polar surface area (TPSA) is 69.0 Å². The molecule has 142 valence electrons. The van der Waals surface area contributed by atoms with E-state index in [1.165, 1.54) is 11.8 Å². The summed E-state index contributed by atoms with van der Waals surface area (Å²) in [5.74, 6) is 1.60. The van der Waals surface area contributed by atoms with Crippen LogP contribution in [-0.4, -0.2) is 33.9 Å². The van der Waals surface area contributed by atoms with Crippen molar-refractivity contribution in [2.45, 2.75) is 37.9 Å². The van der Waals surface area contributed by atoms with Crippen molar-refractivity contribution in [3.63, 3.8) is 0 Å². The minimum atomic E-state index is -0.296. The normalized spacial score (nSPS) is 20.8. The number of hydrogen-bond acceptors (Lipinski definition) is 6. The largest absolute Gasteiger partial charge is 0.496 e. The molecule has 1 aromatic heterocycles. The third kappa shape index (κ3) is 3.18. The number of anilines is 1. The highest BCUT2D eigenvalue weighted by Gasteiger charge is 2.41. The Morgan fingerprint density at radius 1 is 1.37 bits per heavy atom. The number of allylic oxidation sites excluding steroid dienone is 2. The summed E-state index contributed by atoms with van der Waals surface area (Å²) in [7, 11) is 1.64. The number of carbonyl (C=O) groups is 1. The first-order valence-electron chi connectivity index (χ1n) is 8.70. The lowest BCUT2D eigenvalue weighted by atomic mass is 9.73. The Morgan fingerprint density at radius 3 is 2.81 bits per heavy atom. The molecule has 0 amide bonds. The van der Waals surface area contributed by atoms with Crippen molar-refractivity contribution < 1.29 is 9.53 Å². The first-order chi connectivity index (χ1) is 12.8. The molecule has 0 spiro atoms. The molecule has 1 aliphatic carbocycles. The van der Waals surface area contributed by atoms with Gasteiger partial charge in [0.1, 0.15) is 11.8 Å². The molecule has 0 fully saturated rings. The quantitative estimate of drug-likeness (QED) is 0.700. The molecule has 1 unspecified atom stereocenters. The van der Waals surface area contributed by atoms with Gasteiger partial charge in [-0.3, -0.25) is 4.79 Å². The van der Waals surface area contributed by atoms with Crippen LogP contribution in [0.25, 0.3) is 0 Å². The van der Waals surface area contributed by atoms with Crippen molar-refractivity contribution in [1.29, 1.82) is 0 Å². The highest BCUT2D eigenvalue weighted by molar-refractivity contribution is 9.10. The van der Waals surface area contributed by atoms with Crippen LogP contribution in [0, 0.1) is 5.41 Å². The predicted octanol–water partition coefficient (Wildman–Crippen LogP) is 4.43. The zero-order valence-electron chi connectivity index (χ0n) is 15.7. The summed E-state index contributed by atoms with van der Waals surface area (Å²) in [4.78, 5) is 17.7. The lowest BCUT2D eigenvalue weighted by molar-refractivity contribution is -0.118. The van der Waals surface area contributed by atoms with Gasteiger partial charge in [-0.25, -0.2) is 4.68 Å². The first kappa shape index (κ1) is 18.6. The number of halogens is 1. The van der Waals surface area contributed by atoms with E-state index in [4.69, 9.17) is 4.74 Å². The van der Waals surface area contributed by atoms with E-state index < -0.39 is 0 Å². The molecule has 0 bridgehead atoms. The molecule has 2 heterocycles. The number of aromatic nitrogens is 3. The number of benzene rings is 1. The average molecular weight is 449 g/mol. The number of nitrogens with zero attached hydrogens (tertiary/aromatic N) is 3. The third-order valence-electron chi connectivity index (χ3n) is 4.99. The van der Waals surface area contributed by atoms with Gasteiger partial charge in [0, 0.05) is 17.7 Å². The van der Waals surface area contributed by atoms with E-state index in [0.29, 0.717) is 17.5 Å². The second-order valence-corrected chi connectivity index (χ2v) is 9.25. The molecule has 1 N–H and O–H groups in total. The lowest BCUT2D eigenvalue weighted by Gasteiger charge is -2.38. The van der Waals surface area contributed by atoms with Gasteiger partial charge in [-0.05, 0) is 51.7 Å². The van der Waals surface area contributed by atoms with Crippen LogP contribution in [0.3, 0.4) is 0 Å². The van der Waals surface area contributed by atoms with Crippen molar-refractivity contribution in [3.8, 4) is 5.75 Å². The Hall–Kier alpha value is -1.80. The van der Waals surface area contributed by atoms with E-state index in [2.05, 4.69) is 45.2 Å². The molecular formula is C19H21BrN4O2S. The lowest BCUT2D eigenvalue weighted by Crippen LogP contribution is -2.36. The molecule has 2 aromatic rings. The number of ketones is 1. The fourth-order valence-corrected chi connectivity index (χ4v) is 4.74. The Bertz CT molecular complexity index is 967. The van der Waals surface area contributed by atoms with Crippen LogP contribution < -0.4 is 10.1 Å². The number of nitrogens with one attached hydrogen (secondary N) is 1. The minimum Gasteiger partial charge on any atom is -0.496 e. The van der Waals surface area contributed by atoms with Crippen molar-refractivity contribution in [2.24, 2.45) is 5.41 Å². The van der Waals surface area contributed by atoms with Gasteiger partial charge >= 0.3 is 0 Å². The fraction of sp³-hybridized carbons (Fsp3) is 0.421. The van der Waals surface area contributed by atoms with Crippen molar-refractivity contribution in [1.82, 2.24) is 14.8 Å². The van der Waals surface area contributed by atoms with E-state index in [0.717, 1.165) is 33.5 Å². The number of hydrogen-bond donors (Lipinski definition) is 1. The number of methoxy groups -OCH3 is 1. The van der Waals surface area contributed by atoms with Crippen molar-refractivity contribution >= 4 is 39.4 Å². The molecule has 1 aliphatic heterocycles. The van der Waals surface area contributed by atoms with E-state index in [1.54, 1.807) is 7.11 Å². The summed E-state index contributed by atoms with van der Waals surface area (Å²) in [6, 6.07) is 5.60. The number of ether oxygens (including phenoxy) is 1. The van der Waals surface area contributed by atoms with Crippen LogP contribution in [0.2, 0.25) is 0 Å². The number of carbonyl (C=O) groups excluding carboxylic acids is 1. The summed E-state index contributed by atoms with van der Waals surface area (Å²) >= 11 is 5.05. The van der Waals surface area contributed by atoms with Crippen molar-refractivity contribution in [2.75, 3.05) is 18.7 Å². The van der Waals surface area contributed by atoms with E-state index in [1.807, 2.05) is 29.1 Å². The molecule has 0 saturated carbocycles. The van der Waals surface area contributed by atoms with Gasteiger partial charge in [0.05, 0.1) is 11.6 Å². The second-order valence-electron chi connectivity index (χ2n) is 7.62. The maximum atomic E-state index is 13.1. The monoisotopic (exact) mass is 448 g/mol. The molecular weight excluding hydrogens is 428 g/mol. The third-order valence-corrected chi connectivity index (χ3v) is 6.14. The standard InChI is InChI=1S/C19H21BrN4O2S/c1-19(2)8-12-15(13(25)9-19)16(10-5-6-14(26-3)11(20)7-10)24-17(21-12)22-18(23-24)27-4/h5-7,16H,8-9H2,1-4H3,(H,21,22,23). The summed E-state index contributed by atoms with van der Waals surface area (Å²) in [6.45, 7) is 4.25. The maximum Gasteiger partial charge on any atom is 0.227 e. The molecule has 27 heavy (non-hydrogen) atoms. The Labute approximate surface area is 170 Å². The number of rotatable bonds is 3. The van der Waals surface area contributed by atoms with E-state index in [9.17, 15) is 4.79 Å². The summed E-state index contributed by atoms with van der Waals surface area (Å²) < 4.78 is 8.03.